The molecule has 2 N–H and O–H groups in total. The van der Waals surface area contributed by atoms with Crippen LogP contribution in [0.2, 0.25) is 0 Å². The highest BCUT2D eigenvalue weighted by molar-refractivity contribution is 6.15. The molecule has 2 heterocycles. The third kappa shape index (κ3) is 4.37. The summed E-state index contributed by atoms with van der Waals surface area (Å²) in [6.07, 6.45) is 1.36. The number of aryl methyl sites for hydroxylation is 1. The van der Waals surface area contributed by atoms with Gasteiger partial charge in [-0.15, -0.1) is 0 Å². The van der Waals surface area contributed by atoms with Gasteiger partial charge in [0.15, 0.2) is 0 Å². The minimum Gasteiger partial charge on any atom is -0.457 e. The Hall–Kier alpha value is -4.20. The molecule has 8 heteroatoms. The number of carbonyl (C=O) groups excluding carboxylic acids is 3. The third-order valence-corrected chi connectivity index (χ3v) is 4.71. The van der Waals surface area contributed by atoms with Crippen LogP contribution in [0.3, 0.4) is 0 Å². The van der Waals surface area contributed by atoms with Crippen molar-refractivity contribution >= 4 is 29.6 Å². The number of halogens is 1. The van der Waals surface area contributed by atoms with Crippen LogP contribution in [0.25, 0.3) is 17.4 Å². The molecule has 4 amide bonds. The number of hydrogen-bond acceptors (Lipinski definition) is 4. The molecule has 1 fully saturated rings. The minimum absolute atomic E-state index is 0.0196. The second-order valence-corrected chi connectivity index (χ2v) is 6.95. The molecule has 4 rings (SSSR count). The van der Waals surface area contributed by atoms with Gasteiger partial charge in [0.25, 0.3) is 5.91 Å². The van der Waals surface area contributed by atoms with Crippen LogP contribution in [0.5, 0.6) is 0 Å². The van der Waals surface area contributed by atoms with Crippen molar-refractivity contribution in [1.29, 1.82) is 0 Å². The molecule has 3 aromatic rings. The smallest absolute Gasteiger partial charge is 0.329 e. The van der Waals surface area contributed by atoms with Gasteiger partial charge in [-0.05, 0) is 42.8 Å². The summed E-state index contributed by atoms with van der Waals surface area (Å²) in [5.41, 5.74) is 1.99. The van der Waals surface area contributed by atoms with Crippen molar-refractivity contribution in [3.8, 4) is 11.3 Å². The normalized spacial score (nSPS) is 14.8. The highest BCUT2D eigenvalue weighted by Gasteiger charge is 2.35. The maximum Gasteiger partial charge on any atom is 0.329 e. The van der Waals surface area contributed by atoms with Crippen LogP contribution in [-0.4, -0.2) is 29.3 Å². The van der Waals surface area contributed by atoms with E-state index in [1.165, 1.54) is 18.2 Å². The molecule has 156 valence electrons. The van der Waals surface area contributed by atoms with Gasteiger partial charge in [0.1, 0.15) is 29.6 Å². The summed E-state index contributed by atoms with van der Waals surface area (Å²) in [6.45, 7) is 1.41. The zero-order valence-corrected chi connectivity index (χ0v) is 16.5. The van der Waals surface area contributed by atoms with Crippen LogP contribution in [0.4, 0.5) is 14.9 Å². The maximum absolute atomic E-state index is 13.4. The molecule has 1 saturated heterocycles. The fraction of sp³-hybridized carbons (Fsp3) is 0.0870. The van der Waals surface area contributed by atoms with E-state index in [0.29, 0.717) is 22.8 Å². The highest BCUT2D eigenvalue weighted by atomic mass is 19.1. The van der Waals surface area contributed by atoms with Crippen molar-refractivity contribution in [3.05, 3.63) is 83.5 Å². The van der Waals surface area contributed by atoms with E-state index < -0.39 is 30.2 Å². The molecule has 0 unspecified atom stereocenters. The Balaban J connectivity index is 1.46. The lowest BCUT2D eigenvalue weighted by Crippen LogP contribution is -2.38. The minimum atomic E-state index is -0.701. The molecular formula is C23H18FN3O4. The average molecular weight is 419 g/mol. The van der Waals surface area contributed by atoms with Gasteiger partial charge in [0.05, 0.1) is 0 Å². The Morgan fingerprint density at radius 2 is 1.94 bits per heavy atom. The zero-order valence-electron chi connectivity index (χ0n) is 16.5. The van der Waals surface area contributed by atoms with Gasteiger partial charge in [-0.3, -0.25) is 9.59 Å². The van der Waals surface area contributed by atoms with Crippen molar-refractivity contribution in [2.24, 2.45) is 0 Å². The summed E-state index contributed by atoms with van der Waals surface area (Å²) >= 11 is 0. The first-order valence-electron chi connectivity index (χ1n) is 9.46. The van der Waals surface area contributed by atoms with Gasteiger partial charge in [0, 0.05) is 17.3 Å². The number of furan rings is 1. The number of rotatable bonds is 5. The van der Waals surface area contributed by atoms with Crippen molar-refractivity contribution < 1.29 is 23.2 Å². The van der Waals surface area contributed by atoms with Crippen LogP contribution in [0.15, 0.2) is 70.8 Å². The molecule has 0 saturated carbocycles. The topological polar surface area (TPSA) is 91.7 Å². The van der Waals surface area contributed by atoms with Crippen molar-refractivity contribution in [3.63, 3.8) is 0 Å². The van der Waals surface area contributed by atoms with Crippen LogP contribution in [0.1, 0.15) is 11.3 Å². The van der Waals surface area contributed by atoms with Crippen molar-refractivity contribution in [1.82, 2.24) is 10.2 Å². The molecule has 7 nitrogen and oxygen atoms in total. The predicted octanol–water partition coefficient (Wildman–Crippen LogP) is 3.93. The summed E-state index contributed by atoms with van der Waals surface area (Å²) in [4.78, 5) is 37.9. The molecule has 0 bridgehead atoms. The third-order valence-electron chi connectivity index (χ3n) is 4.71. The Bertz CT molecular complexity index is 1210. The summed E-state index contributed by atoms with van der Waals surface area (Å²) in [5, 5.41) is 5.13. The van der Waals surface area contributed by atoms with Crippen LogP contribution < -0.4 is 10.6 Å². The number of imide groups is 1. The van der Waals surface area contributed by atoms with Gasteiger partial charge < -0.3 is 15.1 Å². The van der Waals surface area contributed by atoms with Gasteiger partial charge in [-0.1, -0.05) is 30.3 Å². The van der Waals surface area contributed by atoms with Crippen molar-refractivity contribution in [2.75, 3.05) is 11.9 Å². The molecule has 1 aliphatic heterocycles. The zero-order chi connectivity index (χ0) is 22.0. The first kappa shape index (κ1) is 20.1. The Morgan fingerprint density at radius 1 is 1.13 bits per heavy atom. The number of nitrogens with one attached hydrogen (secondary N) is 2. The maximum atomic E-state index is 13.4. The number of anilines is 1. The second kappa shape index (κ2) is 8.27. The largest absolute Gasteiger partial charge is 0.457 e. The summed E-state index contributed by atoms with van der Waals surface area (Å²) < 4.78 is 19.0. The molecule has 1 aliphatic rings. The Kier molecular flexibility index (Phi) is 5.36. The lowest BCUT2D eigenvalue weighted by Gasteiger charge is -2.13. The molecule has 1 aromatic heterocycles. The van der Waals surface area contributed by atoms with Gasteiger partial charge in [0.2, 0.25) is 5.91 Å². The number of nitrogens with zero attached hydrogens (tertiary/aromatic N) is 1. The predicted molar refractivity (Wildman–Crippen MR) is 112 cm³/mol. The number of amides is 4. The number of para-hydroxylation sites is 1. The second-order valence-electron chi connectivity index (χ2n) is 6.95. The number of urea groups is 1. The van der Waals surface area contributed by atoms with Crippen molar-refractivity contribution in [2.45, 2.75) is 6.92 Å². The van der Waals surface area contributed by atoms with Crippen LogP contribution >= 0.6 is 0 Å². The van der Waals surface area contributed by atoms with Gasteiger partial charge in [-0.25, -0.2) is 14.1 Å². The van der Waals surface area contributed by atoms with E-state index in [-0.39, 0.29) is 5.70 Å². The number of benzene rings is 2. The van der Waals surface area contributed by atoms with E-state index in [4.69, 9.17) is 4.42 Å². The molecule has 2 aromatic carbocycles. The Morgan fingerprint density at radius 3 is 2.71 bits per heavy atom. The number of hydrogen-bond donors (Lipinski definition) is 2. The molecule has 0 aliphatic carbocycles. The van der Waals surface area contributed by atoms with Gasteiger partial charge >= 0.3 is 6.03 Å². The molecule has 0 spiro atoms. The lowest BCUT2D eigenvalue weighted by atomic mass is 10.2. The van der Waals surface area contributed by atoms with E-state index in [1.807, 2.05) is 19.1 Å². The monoisotopic (exact) mass is 419 g/mol. The fourth-order valence-electron chi connectivity index (χ4n) is 3.13. The van der Waals surface area contributed by atoms with Crippen LogP contribution in [0, 0.1) is 12.7 Å². The summed E-state index contributed by atoms with van der Waals surface area (Å²) in [6, 6.07) is 15.6. The molecular weight excluding hydrogens is 401 g/mol. The summed E-state index contributed by atoms with van der Waals surface area (Å²) in [7, 11) is 0. The summed E-state index contributed by atoms with van der Waals surface area (Å²) in [5.74, 6) is -0.822. The van der Waals surface area contributed by atoms with E-state index in [2.05, 4.69) is 10.6 Å². The number of carbonyl (C=O) groups is 3. The standard InChI is InChI=1S/C23H18FN3O4/c1-14-5-2-3-8-18(14)25-21(28)13-27-22(29)19(26-23(27)30)12-17-9-10-20(31-17)15-6-4-7-16(24)11-15/h2-12H,13H2,1H3,(H,25,28)(H,26,30)/b19-12-. The van der Waals surface area contributed by atoms with Crippen LogP contribution in [-0.2, 0) is 9.59 Å². The van der Waals surface area contributed by atoms with Gasteiger partial charge in [-0.2, -0.15) is 0 Å². The quantitative estimate of drug-likeness (QED) is 0.484. The lowest BCUT2D eigenvalue weighted by molar-refractivity contribution is -0.127. The highest BCUT2D eigenvalue weighted by Crippen LogP contribution is 2.24. The molecule has 31 heavy (non-hydrogen) atoms. The average Bonchev–Trinajstić information content (AvgIpc) is 3.30. The fourth-order valence-corrected chi connectivity index (χ4v) is 3.13. The molecule has 0 radical (unpaired) electrons. The molecule has 0 atom stereocenters. The van der Waals surface area contributed by atoms with E-state index in [0.717, 1.165) is 10.5 Å². The Labute approximate surface area is 177 Å². The first-order chi connectivity index (χ1) is 14.9. The van der Waals surface area contributed by atoms with E-state index in [9.17, 15) is 18.8 Å². The van der Waals surface area contributed by atoms with E-state index >= 15 is 0 Å². The van der Waals surface area contributed by atoms with E-state index in [1.54, 1.807) is 36.4 Å². The first-order valence-corrected chi connectivity index (χ1v) is 9.46. The SMILES string of the molecule is Cc1ccccc1NC(=O)CN1C(=O)N/C(=C\c2ccc(-c3cccc(F)c3)o2)C1=O.